The fourth-order valence-corrected chi connectivity index (χ4v) is 6.06. The van der Waals surface area contributed by atoms with Gasteiger partial charge in [-0.3, -0.25) is 4.79 Å². The fourth-order valence-electron chi connectivity index (χ4n) is 3.42. The molecule has 1 amide bonds. The van der Waals surface area contributed by atoms with E-state index in [1.165, 1.54) is 5.56 Å². The molecule has 152 valence electrons. The molecule has 2 atom stereocenters. The number of rotatable bonds is 7. The highest BCUT2D eigenvalue weighted by atomic mass is 32.2. The molecule has 0 saturated carbocycles. The van der Waals surface area contributed by atoms with E-state index in [4.69, 9.17) is 4.74 Å². The molecule has 0 aliphatic carbocycles. The maximum Gasteiger partial charge on any atom is 0.263 e. The third kappa shape index (κ3) is 4.94. The first-order chi connectivity index (χ1) is 13.3. The van der Waals surface area contributed by atoms with E-state index >= 15 is 0 Å². The quantitative estimate of drug-likeness (QED) is 0.685. The van der Waals surface area contributed by atoms with E-state index in [0.717, 1.165) is 16.9 Å². The van der Waals surface area contributed by atoms with Crippen LogP contribution in [-0.2, 0) is 27.6 Å². The van der Waals surface area contributed by atoms with Crippen molar-refractivity contribution in [3.05, 3.63) is 51.7 Å². The molecule has 3 rings (SSSR count). The third-order valence-electron chi connectivity index (χ3n) is 5.21. The van der Waals surface area contributed by atoms with Gasteiger partial charge in [0.15, 0.2) is 15.9 Å². The van der Waals surface area contributed by atoms with Crippen LogP contribution < -0.4 is 4.74 Å². The van der Waals surface area contributed by atoms with Gasteiger partial charge >= 0.3 is 0 Å². The average Bonchev–Trinajstić information content (AvgIpc) is 3.24. The Morgan fingerprint density at radius 2 is 2.00 bits per heavy atom. The Bertz CT molecular complexity index is 918. The highest BCUT2D eigenvalue weighted by Crippen LogP contribution is 2.25. The van der Waals surface area contributed by atoms with Crippen molar-refractivity contribution in [3.8, 4) is 5.75 Å². The summed E-state index contributed by atoms with van der Waals surface area (Å²) in [4.78, 5) is 16.0. The summed E-state index contributed by atoms with van der Waals surface area (Å²) in [5.74, 6) is 0.637. The first-order valence-corrected chi connectivity index (χ1v) is 12.3. The fraction of sp³-hybridized carbons (Fsp3) is 0.476. The van der Waals surface area contributed by atoms with Crippen LogP contribution in [0.1, 0.15) is 36.3 Å². The van der Waals surface area contributed by atoms with E-state index in [1.54, 1.807) is 23.2 Å². The number of benzene rings is 1. The van der Waals surface area contributed by atoms with Crippen LogP contribution in [-0.4, -0.2) is 42.9 Å². The molecule has 2 aromatic rings. The summed E-state index contributed by atoms with van der Waals surface area (Å²) < 4.78 is 29.9. The van der Waals surface area contributed by atoms with Crippen LogP contribution in [0.5, 0.6) is 5.75 Å². The Hall–Kier alpha value is -1.86. The maximum atomic E-state index is 13.2. The summed E-state index contributed by atoms with van der Waals surface area (Å²) in [6, 6.07) is 9.44. The molecule has 0 bridgehead atoms. The summed E-state index contributed by atoms with van der Waals surface area (Å²) in [6.07, 6.45) is 0.742. The van der Waals surface area contributed by atoms with Crippen molar-refractivity contribution in [2.75, 3.05) is 11.5 Å². The van der Waals surface area contributed by atoms with Crippen LogP contribution in [0.2, 0.25) is 0 Å². The van der Waals surface area contributed by atoms with Gasteiger partial charge in [-0.25, -0.2) is 8.42 Å². The zero-order valence-electron chi connectivity index (χ0n) is 16.6. The smallest absolute Gasteiger partial charge is 0.263 e. The lowest BCUT2D eigenvalue weighted by atomic mass is 10.1. The van der Waals surface area contributed by atoms with Gasteiger partial charge in [0.1, 0.15) is 5.75 Å². The van der Waals surface area contributed by atoms with Crippen molar-refractivity contribution in [1.82, 2.24) is 4.90 Å². The molecule has 2 heterocycles. The number of amides is 1. The topological polar surface area (TPSA) is 63.7 Å². The Kier molecular flexibility index (Phi) is 6.45. The molecule has 1 saturated heterocycles. The lowest BCUT2D eigenvalue weighted by Crippen LogP contribution is -2.46. The van der Waals surface area contributed by atoms with E-state index in [9.17, 15) is 13.2 Å². The summed E-state index contributed by atoms with van der Waals surface area (Å²) in [6.45, 7) is 6.25. The zero-order chi connectivity index (χ0) is 20.3. The molecule has 1 aliphatic heterocycles. The summed E-state index contributed by atoms with van der Waals surface area (Å²) in [7, 11) is -3.09. The molecule has 0 radical (unpaired) electrons. The standard InChI is InChI=1S/C21H27NO4S2/c1-4-17-5-7-19(8-6-17)26-16(3)21(23)22(13-20-15(2)9-11-27-20)18-10-12-28(24,25)14-18/h5-9,11,16,18H,4,10,12-14H2,1-3H3. The van der Waals surface area contributed by atoms with Gasteiger partial charge in [0.05, 0.1) is 18.1 Å². The molecule has 28 heavy (non-hydrogen) atoms. The minimum absolute atomic E-state index is 0.0288. The number of ether oxygens (including phenoxy) is 1. The second-order valence-electron chi connectivity index (χ2n) is 7.31. The Morgan fingerprint density at radius 3 is 2.54 bits per heavy atom. The van der Waals surface area contributed by atoms with E-state index < -0.39 is 15.9 Å². The summed E-state index contributed by atoms with van der Waals surface area (Å²) in [5.41, 5.74) is 2.32. The first-order valence-electron chi connectivity index (χ1n) is 9.58. The number of thiophene rings is 1. The van der Waals surface area contributed by atoms with Crippen LogP contribution >= 0.6 is 11.3 Å². The lowest BCUT2D eigenvalue weighted by molar-refractivity contribution is -0.140. The van der Waals surface area contributed by atoms with Crippen molar-refractivity contribution in [3.63, 3.8) is 0 Å². The number of hydrogen-bond donors (Lipinski definition) is 0. The van der Waals surface area contributed by atoms with Gasteiger partial charge in [-0.15, -0.1) is 11.3 Å². The van der Waals surface area contributed by atoms with Crippen molar-refractivity contribution >= 4 is 27.1 Å². The Labute approximate surface area is 171 Å². The summed E-state index contributed by atoms with van der Waals surface area (Å²) >= 11 is 1.59. The van der Waals surface area contributed by atoms with Gasteiger partial charge in [-0.2, -0.15) is 0 Å². The second kappa shape index (κ2) is 8.66. The Morgan fingerprint density at radius 1 is 1.29 bits per heavy atom. The van der Waals surface area contributed by atoms with Crippen LogP contribution in [0.4, 0.5) is 0 Å². The monoisotopic (exact) mass is 421 g/mol. The molecule has 0 spiro atoms. The first kappa shape index (κ1) is 20.9. The van der Waals surface area contributed by atoms with Gasteiger partial charge in [0.2, 0.25) is 0 Å². The van der Waals surface area contributed by atoms with Gasteiger partial charge < -0.3 is 9.64 Å². The molecule has 1 fully saturated rings. The molecule has 1 aliphatic rings. The van der Waals surface area contributed by atoms with E-state index in [0.29, 0.717) is 18.7 Å². The minimum atomic E-state index is -3.09. The molecule has 1 aromatic carbocycles. The average molecular weight is 422 g/mol. The highest BCUT2D eigenvalue weighted by Gasteiger charge is 2.37. The third-order valence-corrected chi connectivity index (χ3v) is 7.96. The van der Waals surface area contributed by atoms with Gasteiger partial charge in [0, 0.05) is 10.9 Å². The van der Waals surface area contributed by atoms with Crippen molar-refractivity contribution in [2.24, 2.45) is 0 Å². The van der Waals surface area contributed by atoms with E-state index in [-0.39, 0.29) is 23.5 Å². The van der Waals surface area contributed by atoms with E-state index in [2.05, 4.69) is 6.92 Å². The SMILES string of the molecule is CCc1ccc(OC(C)C(=O)N(Cc2sccc2C)C2CCS(=O)(=O)C2)cc1. The van der Waals surface area contributed by atoms with Crippen LogP contribution in [0.25, 0.3) is 0 Å². The predicted octanol–water partition coefficient (Wildman–Crippen LogP) is 3.60. The number of hydrogen-bond acceptors (Lipinski definition) is 5. The van der Waals surface area contributed by atoms with Crippen molar-refractivity contribution in [1.29, 1.82) is 0 Å². The van der Waals surface area contributed by atoms with Crippen molar-refractivity contribution in [2.45, 2.75) is 52.3 Å². The second-order valence-corrected chi connectivity index (χ2v) is 10.5. The van der Waals surface area contributed by atoms with E-state index in [1.807, 2.05) is 42.6 Å². The summed E-state index contributed by atoms with van der Waals surface area (Å²) in [5, 5.41) is 1.99. The van der Waals surface area contributed by atoms with Crippen LogP contribution in [0.15, 0.2) is 35.7 Å². The van der Waals surface area contributed by atoms with Gasteiger partial charge in [-0.05, 0) is 61.4 Å². The van der Waals surface area contributed by atoms with Crippen molar-refractivity contribution < 1.29 is 17.9 Å². The molecule has 5 nitrogen and oxygen atoms in total. The molecule has 0 N–H and O–H groups in total. The minimum Gasteiger partial charge on any atom is -0.481 e. The van der Waals surface area contributed by atoms with Gasteiger partial charge in [0.25, 0.3) is 5.91 Å². The number of carbonyl (C=O) groups excluding carboxylic acids is 1. The van der Waals surface area contributed by atoms with Crippen LogP contribution in [0, 0.1) is 6.92 Å². The normalized spacial score (nSPS) is 19.3. The van der Waals surface area contributed by atoms with Crippen LogP contribution in [0.3, 0.4) is 0 Å². The number of sulfone groups is 1. The predicted molar refractivity (Wildman–Crippen MR) is 113 cm³/mol. The number of nitrogens with zero attached hydrogens (tertiary/aromatic N) is 1. The zero-order valence-corrected chi connectivity index (χ0v) is 18.2. The molecule has 2 unspecified atom stereocenters. The van der Waals surface area contributed by atoms with Gasteiger partial charge in [-0.1, -0.05) is 19.1 Å². The number of carbonyl (C=O) groups is 1. The number of aryl methyl sites for hydroxylation is 2. The Balaban J connectivity index is 1.77. The maximum absolute atomic E-state index is 13.2. The molecule has 7 heteroatoms. The molecular formula is C21H27NO4S2. The highest BCUT2D eigenvalue weighted by molar-refractivity contribution is 7.91. The molecule has 1 aromatic heterocycles. The molecular weight excluding hydrogens is 394 g/mol. The lowest BCUT2D eigenvalue weighted by Gasteiger charge is -2.30. The largest absolute Gasteiger partial charge is 0.481 e.